The molecule has 1 rings (SSSR count). The van der Waals surface area contributed by atoms with Crippen LogP contribution in [0, 0.1) is 0 Å². The second kappa shape index (κ2) is 5.44. The molecule has 0 aromatic rings. The lowest BCUT2D eigenvalue weighted by atomic mass is 9.88. The van der Waals surface area contributed by atoms with Crippen molar-refractivity contribution in [2.45, 2.75) is 18.4 Å². The van der Waals surface area contributed by atoms with E-state index >= 15 is 0 Å². The molecule has 0 aromatic heterocycles. The van der Waals surface area contributed by atoms with Gasteiger partial charge in [-0.15, -0.1) is 0 Å². The third kappa shape index (κ3) is 4.15. The molecule has 5 heteroatoms. The van der Waals surface area contributed by atoms with E-state index in [4.69, 9.17) is 5.11 Å². The van der Waals surface area contributed by atoms with Crippen LogP contribution in [-0.4, -0.2) is 61.8 Å². The summed E-state index contributed by atoms with van der Waals surface area (Å²) in [6.07, 6.45) is 1.26. The van der Waals surface area contributed by atoms with Gasteiger partial charge in [0.2, 0.25) is 0 Å². The van der Waals surface area contributed by atoms with E-state index in [1.165, 1.54) is 0 Å². The van der Waals surface area contributed by atoms with Crippen LogP contribution in [0.4, 0.5) is 0 Å². The number of nitrogens with zero attached hydrogens (tertiary/aromatic N) is 1. The van der Waals surface area contributed by atoms with Gasteiger partial charge in [-0.3, -0.25) is 4.79 Å². The first-order chi connectivity index (χ1) is 7.04. The molecule has 5 nitrogen and oxygen atoms in total. The Balaban J connectivity index is 2.19. The fraction of sp³-hybridized carbons (Fsp3) is 0.900. The number of nitrogens with one attached hydrogen (secondary N) is 2. The van der Waals surface area contributed by atoms with Crippen LogP contribution < -0.4 is 10.6 Å². The van der Waals surface area contributed by atoms with Gasteiger partial charge in [0.1, 0.15) is 0 Å². The van der Waals surface area contributed by atoms with Crippen LogP contribution in [0.1, 0.15) is 12.8 Å². The molecular weight excluding hydrogens is 194 g/mol. The molecule has 3 N–H and O–H groups in total. The lowest BCUT2D eigenvalue weighted by molar-refractivity contribution is -0.139. The number of rotatable bonds is 7. The van der Waals surface area contributed by atoms with Crippen molar-refractivity contribution < 1.29 is 9.90 Å². The summed E-state index contributed by atoms with van der Waals surface area (Å²) in [6, 6.07) is 0. The number of hydrogen-bond acceptors (Lipinski definition) is 4. The summed E-state index contributed by atoms with van der Waals surface area (Å²) in [6.45, 7) is 3.44. The molecule has 1 heterocycles. The molecule has 0 atom stereocenters. The molecule has 0 radical (unpaired) electrons. The second-order valence-electron chi connectivity index (χ2n) is 4.54. The molecule has 0 spiro atoms. The zero-order chi connectivity index (χ0) is 11.3. The topological polar surface area (TPSA) is 64.6 Å². The lowest BCUT2D eigenvalue weighted by Crippen LogP contribution is -2.68. The summed E-state index contributed by atoms with van der Waals surface area (Å²) >= 11 is 0. The van der Waals surface area contributed by atoms with Crippen LogP contribution in [0.3, 0.4) is 0 Å². The summed E-state index contributed by atoms with van der Waals surface area (Å²) < 4.78 is 0. The van der Waals surface area contributed by atoms with Crippen molar-refractivity contribution >= 4 is 5.97 Å². The summed E-state index contributed by atoms with van der Waals surface area (Å²) in [7, 11) is 4.08. The van der Waals surface area contributed by atoms with Crippen molar-refractivity contribution in [3.8, 4) is 0 Å². The number of carboxylic acid groups (broad SMARTS) is 1. The van der Waals surface area contributed by atoms with Crippen LogP contribution in [-0.2, 0) is 4.79 Å². The largest absolute Gasteiger partial charge is 0.481 e. The molecule has 1 fully saturated rings. The van der Waals surface area contributed by atoms with E-state index in [1.807, 2.05) is 14.1 Å². The lowest BCUT2D eigenvalue weighted by Gasteiger charge is -2.42. The van der Waals surface area contributed by atoms with E-state index in [0.29, 0.717) is 0 Å². The highest BCUT2D eigenvalue weighted by molar-refractivity contribution is 5.68. The third-order valence-corrected chi connectivity index (χ3v) is 2.70. The molecule has 0 unspecified atom stereocenters. The third-order valence-electron chi connectivity index (χ3n) is 2.70. The fourth-order valence-corrected chi connectivity index (χ4v) is 1.78. The van der Waals surface area contributed by atoms with Crippen molar-refractivity contribution in [3.05, 3.63) is 0 Å². The van der Waals surface area contributed by atoms with Crippen molar-refractivity contribution in [1.82, 2.24) is 15.5 Å². The first-order valence-corrected chi connectivity index (χ1v) is 5.36. The maximum Gasteiger partial charge on any atom is 0.305 e. The average Bonchev–Trinajstić information content (AvgIpc) is 2.06. The average molecular weight is 215 g/mol. The van der Waals surface area contributed by atoms with E-state index in [1.54, 1.807) is 0 Å². The number of carboxylic acids is 1. The number of aliphatic carboxylic acids is 1. The minimum absolute atomic E-state index is 0.196. The summed E-state index contributed by atoms with van der Waals surface area (Å²) in [5.41, 5.74) is -0.196. The normalized spacial score (nSPS) is 18.9. The highest BCUT2D eigenvalue weighted by atomic mass is 16.4. The van der Waals surface area contributed by atoms with Crippen LogP contribution in [0.15, 0.2) is 0 Å². The maximum atomic E-state index is 10.7. The van der Waals surface area contributed by atoms with E-state index in [0.717, 1.165) is 32.6 Å². The Hall–Kier alpha value is -0.650. The van der Waals surface area contributed by atoms with E-state index in [-0.39, 0.29) is 12.0 Å². The van der Waals surface area contributed by atoms with E-state index in [2.05, 4.69) is 15.5 Å². The molecule has 1 aliphatic heterocycles. The van der Waals surface area contributed by atoms with E-state index in [9.17, 15) is 4.79 Å². The van der Waals surface area contributed by atoms with Crippen LogP contribution in [0.5, 0.6) is 0 Å². The zero-order valence-electron chi connectivity index (χ0n) is 9.55. The fourth-order valence-electron chi connectivity index (χ4n) is 1.78. The monoisotopic (exact) mass is 215 g/mol. The first kappa shape index (κ1) is 12.4. The minimum Gasteiger partial charge on any atom is -0.481 e. The van der Waals surface area contributed by atoms with Gasteiger partial charge in [-0.1, -0.05) is 0 Å². The van der Waals surface area contributed by atoms with Gasteiger partial charge >= 0.3 is 5.97 Å². The Labute approximate surface area is 90.8 Å². The predicted molar refractivity (Wildman–Crippen MR) is 59.0 cm³/mol. The molecule has 0 amide bonds. The van der Waals surface area contributed by atoms with Crippen molar-refractivity contribution in [3.63, 3.8) is 0 Å². The molecule has 0 aromatic carbocycles. The molecular formula is C10H21N3O2. The van der Waals surface area contributed by atoms with Gasteiger partial charge in [0.05, 0.1) is 12.0 Å². The standard InChI is InChI=1S/C10H21N3O2/c1-13(2)5-3-4-12-10(6-9(14)15)7-11-8-10/h11-12H,3-8H2,1-2H3,(H,14,15). The van der Waals surface area contributed by atoms with Crippen molar-refractivity contribution in [2.24, 2.45) is 0 Å². The van der Waals surface area contributed by atoms with Crippen LogP contribution >= 0.6 is 0 Å². The van der Waals surface area contributed by atoms with E-state index < -0.39 is 5.97 Å². The molecule has 1 saturated heterocycles. The molecule has 0 aliphatic carbocycles. The Morgan fingerprint density at radius 2 is 2.20 bits per heavy atom. The molecule has 0 bridgehead atoms. The SMILES string of the molecule is CN(C)CCCNC1(CC(=O)O)CNC1. The summed E-state index contributed by atoms with van der Waals surface area (Å²) in [5, 5.41) is 15.3. The molecule has 15 heavy (non-hydrogen) atoms. The predicted octanol–water partition coefficient (Wildman–Crippen LogP) is -0.656. The van der Waals surface area contributed by atoms with Gasteiger partial charge in [-0.05, 0) is 33.6 Å². The summed E-state index contributed by atoms with van der Waals surface area (Å²) in [4.78, 5) is 12.8. The Bertz CT molecular complexity index is 215. The van der Waals surface area contributed by atoms with Gasteiger partial charge in [-0.25, -0.2) is 0 Å². The summed E-state index contributed by atoms with van der Waals surface area (Å²) in [5.74, 6) is -0.725. The molecule has 1 aliphatic rings. The quantitative estimate of drug-likeness (QED) is 0.492. The zero-order valence-corrected chi connectivity index (χ0v) is 9.55. The maximum absolute atomic E-state index is 10.7. The van der Waals surface area contributed by atoms with Gasteiger partial charge in [0, 0.05) is 13.1 Å². The number of hydrogen-bond donors (Lipinski definition) is 3. The van der Waals surface area contributed by atoms with Crippen LogP contribution in [0.25, 0.3) is 0 Å². The van der Waals surface area contributed by atoms with Gasteiger partial charge in [0.15, 0.2) is 0 Å². The second-order valence-corrected chi connectivity index (χ2v) is 4.54. The molecule has 0 saturated carbocycles. The van der Waals surface area contributed by atoms with Crippen LogP contribution in [0.2, 0.25) is 0 Å². The Morgan fingerprint density at radius 1 is 1.53 bits per heavy atom. The van der Waals surface area contributed by atoms with Gasteiger partial charge in [-0.2, -0.15) is 0 Å². The number of carbonyl (C=O) groups is 1. The Kier molecular flexibility index (Phi) is 4.50. The van der Waals surface area contributed by atoms with Gasteiger partial charge in [0.25, 0.3) is 0 Å². The highest BCUT2D eigenvalue weighted by Crippen LogP contribution is 2.15. The van der Waals surface area contributed by atoms with Crippen molar-refractivity contribution in [1.29, 1.82) is 0 Å². The van der Waals surface area contributed by atoms with Gasteiger partial charge < -0.3 is 20.6 Å². The first-order valence-electron chi connectivity index (χ1n) is 5.36. The molecule has 88 valence electrons. The van der Waals surface area contributed by atoms with Crippen molar-refractivity contribution in [2.75, 3.05) is 40.3 Å². The smallest absolute Gasteiger partial charge is 0.305 e. The highest BCUT2D eigenvalue weighted by Gasteiger charge is 2.38. The Morgan fingerprint density at radius 3 is 2.60 bits per heavy atom. The minimum atomic E-state index is -0.725.